The molecule has 0 spiro atoms. The van der Waals surface area contributed by atoms with Crippen LogP contribution < -0.4 is 4.90 Å². The van der Waals surface area contributed by atoms with Crippen molar-refractivity contribution >= 4 is 38.8 Å². The highest BCUT2D eigenvalue weighted by atomic mass is 15.2. The maximum atomic E-state index is 4.67. The number of aryl methyl sites for hydroxylation is 5. The van der Waals surface area contributed by atoms with Crippen LogP contribution in [0, 0.1) is 13.8 Å². The molecule has 6 heterocycles. The van der Waals surface area contributed by atoms with E-state index in [1.54, 1.807) is 12.7 Å². The standard InChI is InChI=1S/C48H36N8/c1-27-11-13-49-23-43(27)55-41-9-5-29(33-19-51-25-52-20-33)15-37(41)39-17-31-4-8-36-46-32(3-7-35(45(31)46)47(39)55)18-40-38-16-30(34-21-53-26-54-22-34)6-10-42(38)56(48(36)40)44-24-50-14-12-28(44)2/h5-6,9-26,37,41H,3-4,7-8H2,1-2H3. The molecule has 3 aliphatic carbocycles. The monoisotopic (exact) mass is 724 g/mol. The summed E-state index contributed by atoms with van der Waals surface area (Å²) in [6.07, 6.45) is 29.7. The third-order valence-electron chi connectivity index (χ3n) is 12.7. The van der Waals surface area contributed by atoms with Gasteiger partial charge in [-0.2, -0.15) is 0 Å². The molecule has 8 nitrogen and oxygen atoms in total. The molecule has 0 amide bonds. The highest BCUT2D eigenvalue weighted by molar-refractivity contribution is 6.14. The topological polar surface area (TPSA) is 85.5 Å². The molecule has 8 heteroatoms. The Bertz CT molecular complexity index is 3020. The minimum Gasteiger partial charge on any atom is -0.332 e. The summed E-state index contributed by atoms with van der Waals surface area (Å²) in [5.74, 6) is 0.192. The second-order valence-corrected chi connectivity index (χ2v) is 15.6. The third kappa shape index (κ3) is 4.41. The fourth-order valence-electron chi connectivity index (χ4n) is 10.2. The van der Waals surface area contributed by atoms with Crippen molar-refractivity contribution in [2.75, 3.05) is 4.90 Å². The summed E-state index contributed by atoms with van der Waals surface area (Å²) in [6, 6.07) is 16.3. The molecule has 0 radical (unpaired) electrons. The summed E-state index contributed by atoms with van der Waals surface area (Å²) in [4.78, 5) is 29.3. The van der Waals surface area contributed by atoms with Crippen molar-refractivity contribution in [2.45, 2.75) is 51.5 Å². The second kappa shape index (κ2) is 11.8. The van der Waals surface area contributed by atoms with E-state index < -0.39 is 0 Å². The molecule has 5 aromatic heterocycles. The van der Waals surface area contributed by atoms with E-state index in [4.69, 9.17) is 0 Å². The summed E-state index contributed by atoms with van der Waals surface area (Å²) in [6.45, 7) is 4.40. The Hall–Kier alpha value is -6.80. The summed E-state index contributed by atoms with van der Waals surface area (Å²) in [5.41, 5.74) is 23.1. The Balaban J connectivity index is 1.13. The van der Waals surface area contributed by atoms with E-state index in [1.807, 2.05) is 43.4 Å². The average molecular weight is 725 g/mol. The number of nitrogens with zero attached hydrogens (tertiary/aromatic N) is 8. The van der Waals surface area contributed by atoms with Crippen molar-refractivity contribution in [1.82, 2.24) is 34.5 Å². The van der Waals surface area contributed by atoms with Crippen LogP contribution in [0.2, 0.25) is 0 Å². The third-order valence-corrected chi connectivity index (χ3v) is 12.7. The fraction of sp³-hybridized carbons (Fsp3) is 0.167. The molecule has 0 saturated heterocycles. The van der Waals surface area contributed by atoms with Crippen LogP contribution in [0.5, 0.6) is 0 Å². The van der Waals surface area contributed by atoms with Crippen molar-refractivity contribution < 1.29 is 0 Å². The molecule has 0 saturated carbocycles. The van der Waals surface area contributed by atoms with Gasteiger partial charge in [0.15, 0.2) is 0 Å². The van der Waals surface area contributed by atoms with Crippen LogP contribution in [-0.4, -0.2) is 40.5 Å². The summed E-state index contributed by atoms with van der Waals surface area (Å²) in [5, 5.41) is 2.55. The van der Waals surface area contributed by atoms with Gasteiger partial charge in [-0.1, -0.05) is 30.4 Å². The number of anilines is 2. The van der Waals surface area contributed by atoms with Gasteiger partial charge in [-0.3, -0.25) is 9.97 Å². The lowest BCUT2D eigenvalue weighted by atomic mass is 9.72. The smallest absolute Gasteiger partial charge is 0.115 e. The summed E-state index contributed by atoms with van der Waals surface area (Å²) >= 11 is 0. The van der Waals surface area contributed by atoms with Crippen molar-refractivity contribution in [3.63, 3.8) is 0 Å². The van der Waals surface area contributed by atoms with Crippen molar-refractivity contribution in [3.05, 3.63) is 167 Å². The summed E-state index contributed by atoms with van der Waals surface area (Å²) < 4.78 is 2.49. The number of pyridine rings is 2. The Morgan fingerprint density at radius 1 is 0.607 bits per heavy atom. The van der Waals surface area contributed by atoms with Crippen LogP contribution in [0.3, 0.4) is 0 Å². The van der Waals surface area contributed by atoms with Crippen molar-refractivity contribution in [2.24, 2.45) is 0 Å². The van der Waals surface area contributed by atoms with Gasteiger partial charge in [0, 0.05) is 70.7 Å². The van der Waals surface area contributed by atoms with E-state index in [9.17, 15) is 0 Å². The molecule has 2 atom stereocenters. The molecule has 12 rings (SSSR count). The van der Waals surface area contributed by atoms with Gasteiger partial charge >= 0.3 is 0 Å². The normalized spacial score (nSPS) is 17.5. The number of benzene rings is 3. The SMILES string of the molecule is Cc1ccncc1N1c2c(cc3c4c2CCc2cc5c6cc(-c7cncnc7)ccc6n(-c6cnccc6C)c5c(c2-4)CC3)C2C=C(c3cncnc3)C=CC21. The van der Waals surface area contributed by atoms with Gasteiger partial charge in [-0.25, -0.2) is 19.9 Å². The first-order valence-electron chi connectivity index (χ1n) is 19.5. The Labute approximate surface area is 324 Å². The number of fused-ring (bicyclic) bond motifs is 8. The maximum Gasteiger partial charge on any atom is 0.115 e. The number of hydrogen-bond acceptors (Lipinski definition) is 7. The maximum absolute atomic E-state index is 4.67. The van der Waals surface area contributed by atoms with Gasteiger partial charge in [0.1, 0.15) is 12.7 Å². The van der Waals surface area contributed by atoms with Crippen LogP contribution in [0.1, 0.15) is 50.4 Å². The first-order chi connectivity index (χ1) is 27.6. The van der Waals surface area contributed by atoms with Gasteiger partial charge in [0.25, 0.3) is 0 Å². The molecule has 3 aromatic carbocycles. The number of hydrogen-bond donors (Lipinski definition) is 0. The molecule has 0 N–H and O–H groups in total. The first kappa shape index (κ1) is 31.5. The molecule has 4 aliphatic rings. The van der Waals surface area contributed by atoms with E-state index in [0.29, 0.717) is 0 Å². The molecule has 2 unspecified atom stereocenters. The van der Waals surface area contributed by atoms with Gasteiger partial charge in [-0.05, 0) is 131 Å². The van der Waals surface area contributed by atoms with E-state index in [2.05, 4.69) is 120 Å². The van der Waals surface area contributed by atoms with E-state index >= 15 is 0 Å². The van der Waals surface area contributed by atoms with E-state index in [0.717, 1.165) is 48.1 Å². The van der Waals surface area contributed by atoms with E-state index in [-0.39, 0.29) is 12.0 Å². The second-order valence-electron chi connectivity index (χ2n) is 15.6. The molecule has 268 valence electrons. The zero-order valence-electron chi connectivity index (χ0n) is 31.1. The van der Waals surface area contributed by atoms with Crippen molar-refractivity contribution in [3.8, 4) is 27.9 Å². The molecule has 0 bridgehead atoms. The molecule has 1 aliphatic heterocycles. The average Bonchev–Trinajstić information content (AvgIpc) is 3.75. The fourth-order valence-corrected chi connectivity index (χ4v) is 10.2. The number of rotatable bonds is 4. The Morgan fingerprint density at radius 3 is 2.04 bits per heavy atom. The van der Waals surface area contributed by atoms with Crippen LogP contribution in [0.15, 0.2) is 123 Å². The zero-order chi connectivity index (χ0) is 37.1. The Morgan fingerprint density at radius 2 is 1.29 bits per heavy atom. The molecule has 0 fully saturated rings. The minimum absolute atomic E-state index is 0.144. The van der Waals surface area contributed by atoms with Gasteiger partial charge in [0.05, 0.1) is 40.8 Å². The zero-order valence-corrected chi connectivity index (χ0v) is 31.1. The largest absolute Gasteiger partial charge is 0.332 e. The Kier molecular flexibility index (Phi) is 6.67. The lowest BCUT2D eigenvalue weighted by molar-refractivity contribution is 0.743. The lowest BCUT2D eigenvalue weighted by Gasteiger charge is -2.35. The van der Waals surface area contributed by atoms with Crippen molar-refractivity contribution in [1.29, 1.82) is 0 Å². The summed E-state index contributed by atoms with van der Waals surface area (Å²) in [7, 11) is 0. The quantitative estimate of drug-likeness (QED) is 0.179. The molecule has 56 heavy (non-hydrogen) atoms. The predicted octanol–water partition coefficient (Wildman–Crippen LogP) is 9.56. The molecular weight excluding hydrogens is 689 g/mol. The predicted molar refractivity (Wildman–Crippen MR) is 221 cm³/mol. The highest BCUT2D eigenvalue weighted by Gasteiger charge is 2.43. The van der Waals surface area contributed by atoms with Crippen LogP contribution in [0.4, 0.5) is 11.4 Å². The number of aromatic nitrogens is 7. The van der Waals surface area contributed by atoms with Gasteiger partial charge in [-0.15, -0.1) is 0 Å². The van der Waals surface area contributed by atoms with Crippen LogP contribution >= 0.6 is 0 Å². The lowest BCUT2D eigenvalue weighted by Crippen LogP contribution is -2.30. The molecule has 8 aromatic rings. The van der Waals surface area contributed by atoms with Gasteiger partial charge in [0.2, 0.25) is 0 Å². The van der Waals surface area contributed by atoms with Gasteiger partial charge < -0.3 is 9.47 Å². The first-order valence-corrected chi connectivity index (χ1v) is 19.5. The number of allylic oxidation sites excluding steroid dienone is 2. The van der Waals surface area contributed by atoms with Crippen LogP contribution in [0.25, 0.3) is 55.3 Å². The molecular formula is C48H36N8. The highest BCUT2D eigenvalue weighted by Crippen LogP contribution is 2.57. The van der Waals surface area contributed by atoms with Crippen LogP contribution in [-0.2, 0) is 25.7 Å². The van der Waals surface area contributed by atoms with E-state index in [1.165, 1.54) is 88.8 Å². The minimum atomic E-state index is 0.144.